The Morgan fingerprint density at radius 2 is 1.44 bits per heavy atom. The second kappa shape index (κ2) is 5.25. The average Bonchev–Trinajstić information content (AvgIpc) is 3.21. The molecule has 0 N–H and O–H groups in total. The Morgan fingerprint density at radius 3 is 1.88 bits per heavy atom. The molecule has 0 atom stereocenters. The van der Waals surface area contributed by atoms with Gasteiger partial charge in [-0.25, -0.2) is 0 Å². The van der Waals surface area contributed by atoms with E-state index in [2.05, 4.69) is 106 Å². The summed E-state index contributed by atoms with van der Waals surface area (Å²) in [5.74, 6) is 0. The first kappa shape index (κ1) is 16.9. The Bertz CT molecular complexity index is 866. The van der Waals surface area contributed by atoms with Crippen LogP contribution in [0.25, 0.3) is 11.1 Å². The number of thioether (sulfide) groups is 1. The fourth-order valence-electron chi connectivity index (χ4n) is 4.61. The summed E-state index contributed by atoms with van der Waals surface area (Å²) in [5, 5.41) is 1.66. The van der Waals surface area contributed by atoms with E-state index in [-0.39, 0.29) is 10.2 Å². The van der Waals surface area contributed by atoms with E-state index in [1.807, 2.05) is 0 Å². The van der Waals surface area contributed by atoms with Crippen LogP contribution >= 0.6 is 11.8 Å². The van der Waals surface area contributed by atoms with Gasteiger partial charge in [0.05, 0.1) is 8.07 Å². The van der Waals surface area contributed by atoms with Crippen molar-refractivity contribution in [3.05, 3.63) is 82.4 Å². The smallest absolute Gasteiger partial charge is 0.102 e. The van der Waals surface area contributed by atoms with Gasteiger partial charge in [-0.2, -0.15) is 0 Å². The summed E-state index contributed by atoms with van der Waals surface area (Å²) >= 11 is 2.08. The van der Waals surface area contributed by atoms with Gasteiger partial charge in [0, 0.05) is 10.3 Å². The molecule has 1 aliphatic heterocycles. The molecular weight excluding hydrogens is 336 g/mol. The molecule has 1 spiro atoms. The molecule has 0 saturated carbocycles. The summed E-state index contributed by atoms with van der Waals surface area (Å²) in [7, 11) is -1.49. The van der Waals surface area contributed by atoms with Crippen molar-refractivity contribution in [2.24, 2.45) is 5.41 Å². The predicted molar refractivity (Wildman–Crippen MR) is 115 cm³/mol. The van der Waals surface area contributed by atoms with Gasteiger partial charge in [0.2, 0.25) is 0 Å². The minimum absolute atomic E-state index is 0.0444. The second-order valence-electron chi connectivity index (χ2n) is 8.75. The van der Waals surface area contributed by atoms with Crippen LogP contribution in [0.1, 0.15) is 25.0 Å². The summed E-state index contributed by atoms with van der Waals surface area (Å²) in [6.07, 6.45) is 2.15. The molecule has 2 aromatic rings. The highest BCUT2D eigenvalue weighted by Crippen LogP contribution is 2.76. The minimum atomic E-state index is -1.49. The number of allylic oxidation sites excluding steroid dienone is 2. The van der Waals surface area contributed by atoms with Crippen molar-refractivity contribution in [2.75, 3.05) is 0 Å². The molecule has 1 heterocycles. The highest BCUT2D eigenvalue weighted by atomic mass is 32.2. The third kappa shape index (κ3) is 2.27. The maximum Gasteiger partial charge on any atom is 0.102 e. The molecule has 1 fully saturated rings. The molecule has 1 saturated heterocycles. The van der Waals surface area contributed by atoms with Gasteiger partial charge in [0.25, 0.3) is 0 Å². The molecule has 1 aliphatic carbocycles. The van der Waals surface area contributed by atoms with Gasteiger partial charge in [-0.3, -0.25) is 0 Å². The van der Waals surface area contributed by atoms with Crippen molar-refractivity contribution in [2.45, 2.75) is 38.2 Å². The molecule has 0 bridgehead atoms. The van der Waals surface area contributed by atoms with Crippen LogP contribution in [0, 0.1) is 5.41 Å². The Balaban J connectivity index is 2.04. The average molecular weight is 363 g/mol. The maximum atomic E-state index is 4.16. The molecule has 2 aromatic carbocycles. The summed E-state index contributed by atoms with van der Waals surface area (Å²) in [6.45, 7) is 16.2. The van der Waals surface area contributed by atoms with Gasteiger partial charge in [0.1, 0.15) is 4.75 Å². The third-order valence-corrected chi connectivity index (χ3v) is 9.60. The number of fused-ring (bicyclic) bond motifs is 5. The molecule has 128 valence electrons. The lowest BCUT2D eigenvalue weighted by Gasteiger charge is -2.33. The minimum Gasteiger partial charge on any atom is -0.107 e. The predicted octanol–water partition coefficient (Wildman–Crippen LogP) is 7.00. The Morgan fingerprint density at radius 1 is 0.960 bits per heavy atom. The van der Waals surface area contributed by atoms with Crippen LogP contribution in [-0.2, 0) is 4.75 Å². The van der Waals surface area contributed by atoms with Gasteiger partial charge in [0.15, 0.2) is 0 Å². The third-order valence-electron chi connectivity index (χ3n) is 5.57. The summed E-state index contributed by atoms with van der Waals surface area (Å²) in [4.78, 5) is 1.59. The SMILES string of the molecule is C=CC(C)(C)/C(=C1\SC12c1ccccc1-c1ccccc12)[Si](C)(C)C. The fraction of sp³-hybridized carbons (Fsp3) is 0.304. The Hall–Kier alpha value is -1.51. The van der Waals surface area contributed by atoms with Crippen molar-refractivity contribution in [1.82, 2.24) is 0 Å². The monoisotopic (exact) mass is 362 g/mol. The van der Waals surface area contributed by atoms with Gasteiger partial charge in [-0.05, 0) is 22.3 Å². The maximum absolute atomic E-state index is 4.16. The molecule has 0 amide bonds. The number of rotatable bonds is 3. The highest BCUT2D eigenvalue weighted by molar-refractivity contribution is 8.12. The van der Waals surface area contributed by atoms with Gasteiger partial charge in [-0.15, -0.1) is 18.3 Å². The lowest BCUT2D eigenvalue weighted by Crippen LogP contribution is -2.34. The highest BCUT2D eigenvalue weighted by Gasteiger charge is 2.61. The number of hydrogen-bond donors (Lipinski definition) is 0. The van der Waals surface area contributed by atoms with Crippen molar-refractivity contribution >= 4 is 19.8 Å². The van der Waals surface area contributed by atoms with E-state index in [4.69, 9.17) is 0 Å². The number of hydrogen-bond acceptors (Lipinski definition) is 1. The summed E-state index contributed by atoms with van der Waals surface area (Å²) in [5.41, 5.74) is 5.82. The summed E-state index contributed by atoms with van der Waals surface area (Å²) in [6, 6.07) is 17.9. The van der Waals surface area contributed by atoms with Gasteiger partial charge >= 0.3 is 0 Å². The lowest BCUT2D eigenvalue weighted by molar-refractivity contribution is 0.602. The zero-order valence-electron chi connectivity index (χ0n) is 15.8. The van der Waals surface area contributed by atoms with Crippen LogP contribution in [0.4, 0.5) is 0 Å². The van der Waals surface area contributed by atoms with Crippen molar-refractivity contribution in [3.63, 3.8) is 0 Å². The molecule has 0 nitrogen and oxygen atoms in total. The standard InChI is InChI=1S/C23H26SSi/c1-7-22(2,3)21(25(4,5)6)20-23(24-20)18-14-10-8-12-16(18)17-13-9-11-15-19(17)23/h7-15H,1H2,2-6H3/b21-20+. The van der Waals surface area contributed by atoms with E-state index >= 15 is 0 Å². The first-order valence-corrected chi connectivity index (χ1v) is 13.3. The largest absolute Gasteiger partial charge is 0.107 e. The molecule has 0 unspecified atom stereocenters. The normalized spacial score (nSPS) is 19.4. The van der Waals surface area contributed by atoms with Crippen LogP contribution in [0.5, 0.6) is 0 Å². The number of benzene rings is 2. The zero-order chi connectivity index (χ0) is 18.0. The Labute approximate surface area is 157 Å². The van der Waals surface area contributed by atoms with Crippen LogP contribution in [0.2, 0.25) is 19.6 Å². The first-order valence-electron chi connectivity index (χ1n) is 9.01. The molecule has 0 aromatic heterocycles. The van der Waals surface area contributed by atoms with Crippen LogP contribution in [-0.4, -0.2) is 8.07 Å². The van der Waals surface area contributed by atoms with E-state index in [0.717, 1.165) is 0 Å². The van der Waals surface area contributed by atoms with Gasteiger partial charge in [-0.1, -0.05) is 93.3 Å². The fourth-order valence-corrected chi connectivity index (χ4v) is 10.2. The molecule has 2 aliphatic rings. The molecule has 4 rings (SSSR count). The topological polar surface area (TPSA) is 0 Å². The van der Waals surface area contributed by atoms with Gasteiger partial charge < -0.3 is 0 Å². The van der Waals surface area contributed by atoms with Crippen LogP contribution in [0.15, 0.2) is 71.3 Å². The van der Waals surface area contributed by atoms with E-state index in [0.29, 0.717) is 0 Å². The molecular formula is C23H26SSi. The lowest BCUT2D eigenvalue weighted by atomic mass is 9.88. The first-order chi connectivity index (χ1) is 11.7. The van der Waals surface area contributed by atoms with Crippen LogP contribution < -0.4 is 0 Å². The zero-order valence-corrected chi connectivity index (χ0v) is 17.6. The van der Waals surface area contributed by atoms with Crippen molar-refractivity contribution < 1.29 is 0 Å². The van der Waals surface area contributed by atoms with Crippen molar-refractivity contribution in [3.8, 4) is 11.1 Å². The van der Waals surface area contributed by atoms with Crippen molar-refractivity contribution in [1.29, 1.82) is 0 Å². The van der Waals surface area contributed by atoms with Crippen LogP contribution in [0.3, 0.4) is 0 Å². The van der Waals surface area contributed by atoms with E-state index in [9.17, 15) is 0 Å². The van der Waals surface area contributed by atoms with E-state index in [1.54, 1.807) is 10.1 Å². The molecule has 25 heavy (non-hydrogen) atoms. The molecule has 0 radical (unpaired) electrons. The van der Waals surface area contributed by atoms with E-state index in [1.165, 1.54) is 22.3 Å². The quantitative estimate of drug-likeness (QED) is 0.322. The Kier molecular flexibility index (Phi) is 3.55. The van der Waals surface area contributed by atoms with E-state index < -0.39 is 8.07 Å². The summed E-state index contributed by atoms with van der Waals surface area (Å²) < 4.78 is 0.0447. The second-order valence-corrected chi connectivity index (χ2v) is 15.0. The molecule has 2 heteroatoms.